The lowest BCUT2D eigenvalue weighted by Crippen LogP contribution is -2.47. The highest BCUT2D eigenvalue weighted by atomic mass is 35.5. The maximum atomic E-state index is 11.9. The first-order chi connectivity index (χ1) is 6.97. The fourth-order valence-electron chi connectivity index (χ4n) is 2.50. The Morgan fingerprint density at radius 1 is 1.38 bits per heavy atom. The van der Waals surface area contributed by atoms with E-state index in [9.17, 15) is 18.0 Å². The zero-order valence-corrected chi connectivity index (χ0v) is 9.33. The van der Waals surface area contributed by atoms with E-state index in [1.165, 1.54) is 0 Å². The number of piperidine rings is 1. The van der Waals surface area contributed by atoms with Crippen LogP contribution in [0.4, 0.5) is 13.2 Å². The molecule has 2 bridgehead atoms. The third-order valence-corrected chi connectivity index (χ3v) is 3.23. The molecule has 0 radical (unpaired) electrons. The summed E-state index contributed by atoms with van der Waals surface area (Å²) in [6, 6.07) is 0.470. The molecule has 1 aliphatic heterocycles. The van der Waals surface area contributed by atoms with Crippen molar-refractivity contribution in [1.82, 2.24) is 10.6 Å². The van der Waals surface area contributed by atoms with Gasteiger partial charge in [-0.15, -0.1) is 12.4 Å². The molecule has 0 aromatic rings. The van der Waals surface area contributed by atoms with Crippen molar-refractivity contribution in [3.8, 4) is 0 Å². The molecular weight excluding hydrogens is 245 g/mol. The number of carbonyl (C=O) groups excluding carboxylic acids is 1. The summed E-state index contributed by atoms with van der Waals surface area (Å²) in [5.74, 6) is -1.41. The Bertz CT molecular complexity index is 272. The standard InChI is InChI=1S/C9H13F3N2O.ClH/c10-9(11,12)8(15)13-4-7-5-1-2-6(3-5)14-7;/h5-7,14H,1-4H2,(H,13,15);1H. The first-order valence-corrected chi connectivity index (χ1v) is 5.08. The number of nitrogens with one attached hydrogen (secondary N) is 2. The van der Waals surface area contributed by atoms with Crippen LogP contribution in [-0.2, 0) is 4.79 Å². The van der Waals surface area contributed by atoms with Gasteiger partial charge >= 0.3 is 12.1 Å². The van der Waals surface area contributed by atoms with Crippen LogP contribution < -0.4 is 10.6 Å². The van der Waals surface area contributed by atoms with Crippen molar-refractivity contribution >= 4 is 18.3 Å². The highest BCUT2D eigenvalue weighted by Crippen LogP contribution is 2.34. The van der Waals surface area contributed by atoms with Gasteiger partial charge in [-0.1, -0.05) is 0 Å². The molecule has 3 nitrogen and oxygen atoms in total. The van der Waals surface area contributed by atoms with Crippen LogP contribution in [0.15, 0.2) is 0 Å². The molecule has 2 aliphatic rings. The van der Waals surface area contributed by atoms with Crippen LogP contribution in [0.2, 0.25) is 0 Å². The highest BCUT2D eigenvalue weighted by molar-refractivity contribution is 5.85. The van der Waals surface area contributed by atoms with E-state index >= 15 is 0 Å². The summed E-state index contributed by atoms with van der Waals surface area (Å²) >= 11 is 0. The predicted molar refractivity (Wildman–Crippen MR) is 54.4 cm³/mol. The van der Waals surface area contributed by atoms with Crippen molar-refractivity contribution in [3.05, 3.63) is 0 Å². The second-order valence-corrected chi connectivity index (χ2v) is 4.25. The van der Waals surface area contributed by atoms with Gasteiger partial charge in [0.15, 0.2) is 0 Å². The molecule has 1 saturated carbocycles. The fourth-order valence-corrected chi connectivity index (χ4v) is 2.50. The van der Waals surface area contributed by atoms with Crippen LogP contribution in [0.1, 0.15) is 19.3 Å². The zero-order valence-electron chi connectivity index (χ0n) is 8.51. The van der Waals surface area contributed by atoms with Crippen molar-refractivity contribution in [2.45, 2.75) is 37.5 Å². The van der Waals surface area contributed by atoms with E-state index in [0.717, 1.165) is 19.3 Å². The van der Waals surface area contributed by atoms with Crippen molar-refractivity contribution in [2.24, 2.45) is 5.92 Å². The summed E-state index contributed by atoms with van der Waals surface area (Å²) in [5, 5.41) is 5.14. The quantitative estimate of drug-likeness (QED) is 0.782. The Balaban J connectivity index is 0.00000128. The molecule has 3 unspecified atom stereocenters. The number of fused-ring (bicyclic) bond motifs is 2. The predicted octanol–water partition coefficient (Wildman–Crippen LogP) is 1.23. The first kappa shape index (κ1) is 13.6. The summed E-state index contributed by atoms with van der Waals surface area (Å²) < 4.78 is 35.6. The van der Waals surface area contributed by atoms with E-state index in [1.54, 1.807) is 0 Å². The average Bonchev–Trinajstić information content (AvgIpc) is 2.73. The molecule has 1 heterocycles. The van der Waals surface area contributed by atoms with Crippen LogP contribution in [-0.4, -0.2) is 30.7 Å². The summed E-state index contributed by atoms with van der Waals surface area (Å²) in [5.41, 5.74) is 0. The molecule has 94 valence electrons. The maximum absolute atomic E-state index is 11.9. The molecule has 1 saturated heterocycles. The summed E-state index contributed by atoms with van der Waals surface area (Å²) in [6.07, 6.45) is -1.57. The lowest BCUT2D eigenvalue weighted by molar-refractivity contribution is -0.173. The van der Waals surface area contributed by atoms with Crippen LogP contribution >= 0.6 is 12.4 Å². The smallest absolute Gasteiger partial charge is 0.347 e. The minimum absolute atomic E-state index is 0. The number of hydrogen-bond donors (Lipinski definition) is 2. The van der Waals surface area contributed by atoms with Crippen LogP contribution in [0, 0.1) is 5.92 Å². The zero-order chi connectivity index (χ0) is 11.1. The van der Waals surface area contributed by atoms with E-state index in [2.05, 4.69) is 5.32 Å². The van der Waals surface area contributed by atoms with Gasteiger partial charge in [0.1, 0.15) is 0 Å². The molecule has 1 amide bonds. The minimum Gasteiger partial charge on any atom is -0.347 e. The van der Waals surface area contributed by atoms with E-state index in [-0.39, 0.29) is 25.0 Å². The lowest BCUT2D eigenvalue weighted by Gasteiger charge is -2.23. The number of alkyl halides is 3. The highest BCUT2D eigenvalue weighted by Gasteiger charge is 2.42. The Kier molecular flexibility index (Phi) is 4.07. The van der Waals surface area contributed by atoms with Crippen LogP contribution in [0.5, 0.6) is 0 Å². The molecule has 0 spiro atoms. The first-order valence-electron chi connectivity index (χ1n) is 5.08. The van der Waals surface area contributed by atoms with Crippen molar-refractivity contribution in [2.75, 3.05) is 6.54 Å². The van der Waals surface area contributed by atoms with Crippen molar-refractivity contribution in [1.29, 1.82) is 0 Å². The van der Waals surface area contributed by atoms with Crippen molar-refractivity contribution < 1.29 is 18.0 Å². The Morgan fingerprint density at radius 2 is 2.06 bits per heavy atom. The Labute approximate surface area is 97.6 Å². The average molecular weight is 259 g/mol. The molecule has 2 N–H and O–H groups in total. The maximum Gasteiger partial charge on any atom is 0.471 e. The van der Waals surface area contributed by atoms with E-state index in [0.29, 0.717) is 12.0 Å². The SMILES string of the molecule is Cl.O=C(NCC1NC2CCC1C2)C(F)(F)F. The molecule has 2 rings (SSSR count). The summed E-state index contributed by atoms with van der Waals surface area (Å²) in [6.45, 7) is 0.0828. The fraction of sp³-hybridized carbons (Fsp3) is 0.889. The summed E-state index contributed by atoms with van der Waals surface area (Å²) in [4.78, 5) is 10.6. The Morgan fingerprint density at radius 3 is 2.50 bits per heavy atom. The molecule has 0 aromatic heterocycles. The lowest BCUT2D eigenvalue weighted by atomic mass is 10.0. The third-order valence-electron chi connectivity index (χ3n) is 3.23. The summed E-state index contributed by atoms with van der Waals surface area (Å²) in [7, 11) is 0. The Hall–Kier alpha value is -0.490. The molecule has 1 aliphatic carbocycles. The number of amides is 1. The van der Waals surface area contributed by atoms with Gasteiger partial charge in [-0.25, -0.2) is 0 Å². The van der Waals surface area contributed by atoms with Gasteiger partial charge in [0.2, 0.25) is 0 Å². The van der Waals surface area contributed by atoms with Crippen LogP contribution in [0.25, 0.3) is 0 Å². The van der Waals surface area contributed by atoms with Crippen molar-refractivity contribution in [3.63, 3.8) is 0 Å². The molecule has 0 aromatic carbocycles. The largest absolute Gasteiger partial charge is 0.471 e. The van der Waals surface area contributed by atoms with Gasteiger partial charge in [-0.2, -0.15) is 13.2 Å². The molecular formula is C9H14ClF3N2O. The van der Waals surface area contributed by atoms with Gasteiger partial charge in [-0.3, -0.25) is 4.79 Å². The topological polar surface area (TPSA) is 41.1 Å². The third kappa shape index (κ3) is 2.79. The van der Waals surface area contributed by atoms with Gasteiger partial charge in [-0.05, 0) is 25.2 Å². The molecule has 16 heavy (non-hydrogen) atoms. The second kappa shape index (κ2) is 4.79. The van der Waals surface area contributed by atoms with Crippen LogP contribution in [0.3, 0.4) is 0 Å². The number of halogens is 4. The second-order valence-electron chi connectivity index (χ2n) is 4.25. The number of hydrogen-bond acceptors (Lipinski definition) is 2. The van der Waals surface area contributed by atoms with Gasteiger partial charge < -0.3 is 10.6 Å². The monoisotopic (exact) mass is 258 g/mol. The molecule has 2 fully saturated rings. The molecule has 3 atom stereocenters. The van der Waals surface area contributed by atoms with E-state index < -0.39 is 12.1 Å². The van der Waals surface area contributed by atoms with Gasteiger partial charge in [0, 0.05) is 18.6 Å². The number of carbonyl (C=O) groups is 1. The minimum atomic E-state index is -4.77. The van der Waals surface area contributed by atoms with Gasteiger partial charge in [0.25, 0.3) is 0 Å². The van der Waals surface area contributed by atoms with E-state index in [4.69, 9.17) is 0 Å². The van der Waals surface area contributed by atoms with Gasteiger partial charge in [0.05, 0.1) is 0 Å². The molecule has 7 heteroatoms. The number of rotatable bonds is 2. The van der Waals surface area contributed by atoms with E-state index in [1.807, 2.05) is 5.32 Å². The normalized spacial score (nSPS) is 32.3.